The van der Waals surface area contributed by atoms with Crippen molar-refractivity contribution in [2.24, 2.45) is 18.3 Å². The van der Waals surface area contributed by atoms with Crippen LogP contribution < -0.4 is 11.3 Å². The van der Waals surface area contributed by atoms with E-state index in [1.165, 1.54) is 12.8 Å². The minimum absolute atomic E-state index is 0.185. The van der Waals surface area contributed by atoms with Crippen LogP contribution in [0.3, 0.4) is 0 Å². The molecule has 1 atom stereocenters. The van der Waals surface area contributed by atoms with Gasteiger partial charge in [-0.2, -0.15) is 5.10 Å². The average molecular weight is 259 g/mol. The van der Waals surface area contributed by atoms with Crippen LogP contribution >= 0.6 is 15.9 Å². The van der Waals surface area contributed by atoms with Crippen molar-refractivity contribution in [3.63, 3.8) is 0 Å². The van der Waals surface area contributed by atoms with Crippen molar-refractivity contribution < 1.29 is 0 Å². The normalized spacial score (nSPS) is 20.9. The smallest absolute Gasteiger partial charge is 0.0711 e. The van der Waals surface area contributed by atoms with E-state index in [-0.39, 0.29) is 6.04 Å². The van der Waals surface area contributed by atoms with Gasteiger partial charge in [-0.05, 0) is 34.2 Å². The van der Waals surface area contributed by atoms with Crippen LogP contribution in [0.2, 0.25) is 0 Å². The molecular weight excluding hydrogens is 244 g/mol. The molecule has 1 aromatic heterocycles. The second-order valence-corrected chi connectivity index (χ2v) is 5.11. The first-order valence-corrected chi connectivity index (χ1v) is 5.51. The van der Waals surface area contributed by atoms with E-state index in [1.54, 1.807) is 0 Å². The molecule has 5 heteroatoms. The van der Waals surface area contributed by atoms with Gasteiger partial charge in [-0.3, -0.25) is 16.0 Å². The van der Waals surface area contributed by atoms with Gasteiger partial charge in [-0.1, -0.05) is 6.92 Å². The summed E-state index contributed by atoms with van der Waals surface area (Å²) in [6.07, 6.45) is 4.25. The molecule has 1 fully saturated rings. The highest BCUT2D eigenvalue weighted by Gasteiger charge is 2.46. The Balaban J connectivity index is 2.36. The van der Waals surface area contributed by atoms with E-state index >= 15 is 0 Å². The van der Waals surface area contributed by atoms with E-state index in [4.69, 9.17) is 5.84 Å². The van der Waals surface area contributed by atoms with Crippen LogP contribution in [0, 0.1) is 5.41 Å². The topological polar surface area (TPSA) is 55.9 Å². The molecule has 0 spiro atoms. The zero-order chi connectivity index (χ0) is 10.3. The second kappa shape index (κ2) is 3.32. The number of aryl methyl sites for hydroxylation is 1. The van der Waals surface area contributed by atoms with Crippen LogP contribution in [-0.4, -0.2) is 9.78 Å². The number of rotatable bonds is 3. The van der Waals surface area contributed by atoms with Crippen molar-refractivity contribution >= 4 is 15.9 Å². The summed E-state index contributed by atoms with van der Waals surface area (Å²) in [5.41, 5.74) is 4.33. The third-order valence-corrected chi connectivity index (χ3v) is 3.72. The number of nitrogens with one attached hydrogen (secondary N) is 1. The van der Waals surface area contributed by atoms with Crippen LogP contribution in [-0.2, 0) is 7.05 Å². The zero-order valence-electron chi connectivity index (χ0n) is 8.42. The highest BCUT2D eigenvalue weighted by Crippen LogP contribution is 2.54. The van der Waals surface area contributed by atoms with Crippen LogP contribution in [0.25, 0.3) is 0 Å². The zero-order valence-corrected chi connectivity index (χ0v) is 10.0. The van der Waals surface area contributed by atoms with Crippen molar-refractivity contribution in [3.8, 4) is 0 Å². The maximum atomic E-state index is 5.62. The van der Waals surface area contributed by atoms with Gasteiger partial charge in [-0.15, -0.1) is 0 Å². The highest BCUT2D eigenvalue weighted by molar-refractivity contribution is 9.10. The van der Waals surface area contributed by atoms with E-state index in [0.717, 1.165) is 10.2 Å². The fraction of sp³-hybridized carbons (Fsp3) is 0.667. The Morgan fingerprint density at radius 2 is 2.36 bits per heavy atom. The molecule has 1 aliphatic rings. The summed E-state index contributed by atoms with van der Waals surface area (Å²) in [5.74, 6) is 5.62. The summed E-state index contributed by atoms with van der Waals surface area (Å²) in [4.78, 5) is 0. The maximum Gasteiger partial charge on any atom is 0.0711 e. The highest BCUT2D eigenvalue weighted by atomic mass is 79.9. The quantitative estimate of drug-likeness (QED) is 0.638. The molecular formula is C9H15BrN4. The SMILES string of the molecule is Cn1ncc(Br)c1C(NN)C1(C)CC1. The van der Waals surface area contributed by atoms with Crippen LogP contribution in [0.5, 0.6) is 0 Å². The van der Waals surface area contributed by atoms with Crippen molar-refractivity contribution in [2.75, 3.05) is 0 Å². The number of halogens is 1. The average Bonchev–Trinajstić information content (AvgIpc) is 2.81. The summed E-state index contributed by atoms with van der Waals surface area (Å²) >= 11 is 3.50. The minimum Gasteiger partial charge on any atom is -0.271 e. The lowest BCUT2D eigenvalue weighted by Gasteiger charge is -2.23. The first kappa shape index (κ1) is 10.1. The van der Waals surface area contributed by atoms with Crippen molar-refractivity contribution in [2.45, 2.75) is 25.8 Å². The standard InChI is InChI=1S/C9H15BrN4/c1-9(3-4-9)8(13-11)7-6(10)5-12-14(7)2/h5,8,13H,3-4,11H2,1-2H3. The van der Waals surface area contributed by atoms with Gasteiger partial charge in [0.25, 0.3) is 0 Å². The Bertz CT molecular complexity index is 323. The molecule has 0 bridgehead atoms. The van der Waals surface area contributed by atoms with E-state index in [9.17, 15) is 0 Å². The van der Waals surface area contributed by atoms with Gasteiger partial charge in [0.1, 0.15) is 0 Å². The summed E-state index contributed by atoms with van der Waals surface area (Å²) in [5, 5.41) is 4.20. The Hall–Kier alpha value is -0.390. The molecule has 0 amide bonds. The molecule has 3 N–H and O–H groups in total. The minimum atomic E-state index is 0.185. The van der Waals surface area contributed by atoms with Gasteiger partial charge in [0.2, 0.25) is 0 Å². The summed E-state index contributed by atoms with van der Waals surface area (Å²) in [7, 11) is 1.94. The third-order valence-electron chi connectivity index (χ3n) is 3.11. The number of hydrogen-bond donors (Lipinski definition) is 2. The largest absolute Gasteiger partial charge is 0.271 e. The van der Waals surface area contributed by atoms with E-state index in [1.807, 2.05) is 17.9 Å². The molecule has 0 aromatic carbocycles. The Kier molecular flexibility index (Phi) is 2.41. The van der Waals surface area contributed by atoms with Gasteiger partial charge in [-0.25, -0.2) is 0 Å². The lowest BCUT2D eigenvalue weighted by atomic mass is 9.96. The lowest BCUT2D eigenvalue weighted by molar-refractivity contribution is 0.352. The molecule has 0 aliphatic heterocycles. The summed E-state index contributed by atoms with van der Waals surface area (Å²) in [6, 6.07) is 0.185. The molecule has 0 saturated heterocycles. The van der Waals surface area contributed by atoms with Crippen molar-refractivity contribution in [1.29, 1.82) is 0 Å². The summed E-state index contributed by atoms with van der Waals surface area (Å²) in [6.45, 7) is 2.25. The fourth-order valence-corrected chi connectivity index (χ4v) is 2.42. The van der Waals surface area contributed by atoms with Gasteiger partial charge >= 0.3 is 0 Å². The van der Waals surface area contributed by atoms with E-state index in [2.05, 4.69) is 33.4 Å². The van der Waals surface area contributed by atoms with E-state index in [0.29, 0.717) is 5.41 Å². The van der Waals surface area contributed by atoms with Crippen molar-refractivity contribution in [3.05, 3.63) is 16.4 Å². The molecule has 4 nitrogen and oxygen atoms in total. The number of hydrazine groups is 1. The summed E-state index contributed by atoms with van der Waals surface area (Å²) < 4.78 is 2.90. The Labute approximate surface area is 91.9 Å². The third kappa shape index (κ3) is 1.49. The molecule has 1 saturated carbocycles. The van der Waals surface area contributed by atoms with Crippen LogP contribution in [0.1, 0.15) is 31.5 Å². The predicted octanol–water partition coefficient (Wildman–Crippen LogP) is 1.49. The van der Waals surface area contributed by atoms with Gasteiger partial charge in [0, 0.05) is 7.05 Å². The molecule has 78 valence electrons. The van der Waals surface area contributed by atoms with Gasteiger partial charge in [0.05, 0.1) is 22.4 Å². The predicted molar refractivity (Wildman–Crippen MR) is 58.3 cm³/mol. The molecule has 1 unspecified atom stereocenters. The Morgan fingerprint density at radius 3 is 2.71 bits per heavy atom. The fourth-order valence-electron chi connectivity index (χ4n) is 1.84. The second-order valence-electron chi connectivity index (χ2n) is 4.26. The van der Waals surface area contributed by atoms with E-state index < -0.39 is 0 Å². The number of hydrogen-bond acceptors (Lipinski definition) is 3. The molecule has 1 aliphatic carbocycles. The first-order valence-electron chi connectivity index (χ1n) is 4.72. The number of nitrogens with zero attached hydrogens (tertiary/aromatic N) is 2. The molecule has 2 rings (SSSR count). The Morgan fingerprint density at radius 1 is 1.71 bits per heavy atom. The first-order chi connectivity index (χ1) is 6.58. The van der Waals surface area contributed by atoms with Crippen LogP contribution in [0.15, 0.2) is 10.7 Å². The lowest BCUT2D eigenvalue weighted by Crippen LogP contribution is -2.35. The molecule has 14 heavy (non-hydrogen) atoms. The van der Waals surface area contributed by atoms with Gasteiger partial charge in [0.15, 0.2) is 0 Å². The van der Waals surface area contributed by atoms with Gasteiger partial charge < -0.3 is 0 Å². The molecule has 0 radical (unpaired) electrons. The number of aromatic nitrogens is 2. The molecule has 1 heterocycles. The monoisotopic (exact) mass is 258 g/mol. The van der Waals surface area contributed by atoms with Crippen LogP contribution in [0.4, 0.5) is 0 Å². The molecule has 1 aromatic rings. The van der Waals surface area contributed by atoms with Crippen molar-refractivity contribution in [1.82, 2.24) is 15.2 Å². The maximum absolute atomic E-state index is 5.62. The number of nitrogens with two attached hydrogens (primary N) is 1.